The molecule has 1 aromatic carbocycles. The molecule has 0 bridgehead atoms. The lowest BCUT2D eigenvalue weighted by atomic mass is 10.0. The maximum atomic E-state index is 14.0. The number of carbonyl (C=O) groups is 1. The van der Waals surface area contributed by atoms with E-state index >= 15 is 0 Å². The van der Waals surface area contributed by atoms with Crippen LogP contribution in [0.5, 0.6) is 5.75 Å². The summed E-state index contributed by atoms with van der Waals surface area (Å²) in [5.74, 6) is -2.47. The van der Waals surface area contributed by atoms with E-state index in [1.807, 2.05) is 11.0 Å². The molecule has 1 fully saturated rings. The Morgan fingerprint density at radius 1 is 1.21 bits per heavy atom. The maximum Gasteiger partial charge on any atom is 0.573 e. The van der Waals surface area contributed by atoms with Crippen LogP contribution in [0.3, 0.4) is 0 Å². The summed E-state index contributed by atoms with van der Waals surface area (Å²) in [7, 11) is 0. The van der Waals surface area contributed by atoms with E-state index in [2.05, 4.69) is 20.0 Å². The first-order chi connectivity index (χ1) is 16.2. The van der Waals surface area contributed by atoms with Crippen LogP contribution in [0.1, 0.15) is 15.9 Å². The van der Waals surface area contributed by atoms with Crippen molar-refractivity contribution < 1.29 is 31.8 Å². The van der Waals surface area contributed by atoms with E-state index in [0.717, 1.165) is 12.1 Å². The van der Waals surface area contributed by atoms with E-state index in [9.17, 15) is 27.6 Å². The van der Waals surface area contributed by atoms with Gasteiger partial charge in [-0.2, -0.15) is 5.26 Å². The van der Waals surface area contributed by atoms with Crippen LogP contribution in [0.2, 0.25) is 0 Å². The second kappa shape index (κ2) is 9.32. The Bertz CT molecular complexity index is 1270. The summed E-state index contributed by atoms with van der Waals surface area (Å²) in [5, 5.41) is 11.6. The van der Waals surface area contributed by atoms with Crippen molar-refractivity contribution in [2.75, 3.05) is 30.1 Å². The van der Waals surface area contributed by atoms with Crippen molar-refractivity contribution in [3.05, 3.63) is 65.9 Å². The molecule has 0 unspecified atom stereocenters. The topological polar surface area (TPSA) is 100 Å². The number of amides is 1. The first-order valence-corrected chi connectivity index (χ1v) is 9.78. The smallest absolute Gasteiger partial charge is 0.403 e. The Hall–Kier alpha value is -4.24. The summed E-state index contributed by atoms with van der Waals surface area (Å²) in [6.07, 6.45) is -0.819. The molecule has 3 heterocycles. The van der Waals surface area contributed by atoms with E-state index in [0.29, 0.717) is 48.5 Å². The number of carbonyl (C=O) groups excluding carboxylic acids is 1. The second-order valence-electron chi connectivity index (χ2n) is 7.12. The Morgan fingerprint density at radius 3 is 2.71 bits per heavy atom. The fraction of sp³-hybridized carbons (Fsp3) is 0.182. The van der Waals surface area contributed by atoms with Crippen molar-refractivity contribution in [2.45, 2.75) is 6.36 Å². The number of rotatable bonds is 5. The van der Waals surface area contributed by atoms with Crippen molar-refractivity contribution in [3.8, 4) is 22.9 Å². The largest absolute Gasteiger partial charge is 0.573 e. The van der Waals surface area contributed by atoms with Crippen LogP contribution in [-0.2, 0) is 4.74 Å². The molecule has 0 aliphatic carbocycles. The molecule has 0 spiro atoms. The highest BCUT2D eigenvalue weighted by molar-refractivity contribution is 6.05. The third-order valence-corrected chi connectivity index (χ3v) is 4.77. The van der Waals surface area contributed by atoms with Gasteiger partial charge < -0.3 is 19.7 Å². The van der Waals surface area contributed by atoms with Crippen LogP contribution in [-0.4, -0.2) is 42.1 Å². The average Bonchev–Trinajstić information content (AvgIpc) is 3.34. The molecular weight excluding hydrogens is 458 g/mol. The quantitative estimate of drug-likeness (QED) is 0.557. The number of nitrogens with zero attached hydrogens (tertiary/aromatic N) is 4. The molecule has 2 aromatic heterocycles. The molecule has 0 saturated carbocycles. The van der Waals surface area contributed by atoms with E-state index in [1.54, 1.807) is 6.07 Å². The number of hydrogen-bond acceptors (Lipinski definition) is 7. The second-order valence-corrected chi connectivity index (χ2v) is 7.12. The highest BCUT2D eigenvalue weighted by Gasteiger charge is 2.32. The molecule has 4 rings (SSSR count). The van der Waals surface area contributed by atoms with Crippen LogP contribution in [0, 0.1) is 17.1 Å². The van der Waals surface area contributed by atoms with Crippen LogP contribution in [0.15, 0.2) is 48.9 Å². The fourth-order valence-electron chi connectivity index (χ4n) is 3.26. The number of nitriles is 1. The van der Waals surface area contributed by atoms with E-state index in [1.165, 1.54) is 24.7 Å². The van der Waals surface area contributed by atoms with Crippen molar-refractivity contribution in [1.29, 1.82) is 5.26 Å². The van der Waals surface area contributed by atoms with E-state index < -0.39 is 23.8 Å². The summed E-state index contributed by atoms with van der Waals surface area (Å²) < 4.78 is 59.9. The van der Waals surface area contributed by atoms with Gasteiger partial charge in [0.05, 0.1) is 17.7 Å². The normalized spacial score (nSPS) is 13.4. The van der Waals surface area contributed by atoms with Gasteiger partial charge in [0.15, 0.2) is 11.6 Å². The minimum Gasteiger partial charge on any atom is -0.403 e. The molecule has 174 valence electrons. The SMILES string of the molecule is N#Cc1cncc(-c2cc(C(=O)Nc3ccc(OC(F)(F)F)c(F)c3)cnc2N2CCOC2)c1. The number of nitrogens with one attached hydrogen (secondary N) is 1. The predicted molar refractivity (Wildman–Crippen MR) is 111 cm³/mol. The highest BCUT2D eigenvalue weighted by Crippen LogP contribution is 2.32. The monoisotopic (exact) mass is 473 g/mol. The number of anilines is 2. The Balaban J connectivity index is 1.63. The van der Waals surface area contributed by atoms with Crippen LogP contribution < -0.4 is 15.0 Å². The number of alkyl halides is 3. The molecule has 8 nitrogen and oxygen atoms in total. The van der Waals surface area contributed by atoms with Gasteiger partial charge in [0.25, 0.3) is 5.91 Å². The van der Waals surface area contributed by atoms with Gasteiger partial charge in [0, 0.05) is 48.0 Å². The molecule has 1 aliphatic rings. The number of halogens is 4. The van der Waals surface area contributed by atoms with E-state index in [-0.39, 0.29) is 11.3 Å². The zero-order chi connectivity index (χ0) is 24.3. The lowest BCUT2D eigenvalue weighted by Crippen LogP contribution is -2.21. The highest BCUT2D eigenvalue weighted by atomic mass is 19.4. The van der Waals surface area contributed by atoms with Gasteiger partial charge in [-0.15, -0.1) is 13.2 Å². The fourth-order valence-corrected chi connectivity index (χ4v) is 3.26. The van der Waals surface area contributed by atoms with Crippen LogP contribution in [0.4, 0.5) is 29.1 Å². The van der Waals surface area contributed by atoms with Gasteiger partial charge in [0.2, 0.25) is 0 Å². The van der Waals surface area contributed by atoms with Gasteiger partial charge >= 0.3 is 6.36 Å². The third-order valence-electron chi connectivity index (χ3n) is 4.77. The number of pyridine rings is 2. The van der Waals surface area contributed by atoms with Crippen molar-refractivity contribution in [1.82, 2.24) is 9.97 Å². The molecule has 1 saturated heterocycles. The number of aromatic nitrogens is 2. The Labute approximate surface area is 190 Å². The van der Waals surface area contributed by atoms with Gasteiger partial charge in [-0.3, -0.25) is 9.78 Å². The van der Waals surface area contributed by atoms with Gasteiger partial charge in [0.1, 0.15) is 18.6 Å². The average molecular weight is 473 g/mol. The van der Waals surface area contributed by atoms with E-state index in [4.69, 9.17) is 4.74 Å². The zero-order valence-electron chi connectivity index (χ0n) is 17.3. The lowest BCUT2D eigenvalue weighted by Gasteiger charge is -2.19. The van der Waals surface area contributed by atoms with Crippen LogP contribution >= 0.6 is 0 Å². The summed E-state index contributed by atoms with van der Waals surface area (Å²) >= 11 is 0. The number of hydrogen-bond donors (Lipinski definition) is 1. The molecule has 3 aromatic rings. The molecule has 12 heteroatoms. The molecular formula is C22H15F4N5O3. The number of benzene rings is 1. The number of ether oxygens (including phenoxy) is 2. The van der Waals surface area contributed by atoms with Gasteiger partial charge in [-0.05, 0) is 24.3 Å². The Morgan fingerprint density at radius 2 is 2.03 bits per heavy atom. The maximum absolute atomic E-state index is 14.0. The molecule has 34 heavy (non-hydrogen) atoms. The minimum atomic E-state index is -5.05. The summed E-state index contributed by atoms with van der Waals surface area (Å²) in [5.41, 5.74) is 1.39. The van der Waals surface area contributed by atoms with Crippen molar-refractivity contribution >= 4 is 17.4 Å². The molecule has 0 radical (unpaired) electrons. The van der Waals surface area contributed by atoms with Crippen LogP contribution in [0.25, 0.3) is 11.1 Å². The summed E-state index contributed by atoms with van der Waals surface area (Å²) in [6.45, 7) is 1.37. The van der Waals surface area contributed by atoms with Gasteiger partial charge in [-0.1, -0.05) is 0 Å². The van der Waals surface area contributed by atoms with Crippen molar-refractivity contribution in [2.24, 2.45) is 0 Å². The Kier molecular flexibility index (Phi) is 6.29. The molecule has 1 amide bonds. The summed E-state index contributed by atoms with van der Waals surface area (Å²) in [4.78, 5) is 23.1. The first kappa shape index (κ1) is 22.9. The van der Waals surface area contributed by atoms with Crippen molar-refractivity contribution in [3.63, 3.8) is 0 Å². The molecule has 1 aliphatic heterocycles. The third kappa shape index (κ3) is 5.21. The predicted octanol–water partition coefficient (Wildman–Crippen LogP) is 4.10. The first-order valence-electron chi connectivity index (χ1n) is 9.78. The summed E-state index contributed by atoms with van der Waals surface area (Å²) in [6, 6.07) is 7.68. The van der Waals surface area contributed by atoms with Gasteiger partial charge in [-0.25, -0.2) is 9.37 Å². The standard InChI is InChI=1S/C22H15F4N5O3/c23-18-7-16(1-2-19(18)34-22(24,25)26)30-21(32)15-6-17(14-5-13(8-27)9-28-10-14)20(29-11-15)31-3-4-33-12-31/h1-2,5-7,9-11H,3-4,12H2,(H,30,32). The minimum absolute atomic E-state index is 0.0799. The molecule has 0 atom stereocenters. The zero-order valence-corrected chi connectivity index (χ0v) is 17.3. The lowest BCUT2D eigenvalue weighted by molar-refractivity contribution is -0.275. The molecule has 1 N–H and O–H groups in total.